The van der Waals surface area contributed by atoms with E-state index in [1.54, 1.807) is 11.3 Å². The quantitative estimate of drug-likeness (QED) is 0.798. The Morgan fingerprint density at radius 2 is 1.95 bits per heavy atom. The molecule has 20 heavy (non-hydrogen) atoms. The first-order valence-electron chi connectivity index (χ1n) is 6.55. The Labute approximate surface area is 121 Å². The number of hydrogen-bond donors (Lipinski definition) is 1. The Bertz CT molecular complexity index is 740. The molecule has 2 aromatic heterocycles. The van der Waals surface area contributed by atoms with E-state index >= 15 is 0 Å². The summed E-state index contributed by atoms with van der Waals surface area (Å²) in [5.41, 5.74) is 8.01. The zero-order valence-corrected chi connectivity index (χ0v) is 12.6. The molecule has 0 aliphatic rings. The molecule has 0 radical (unpaired) electrons. The van der Waals surface area contributed by atoms with Gasteiger partial charge in [-0.2, -0.15) is 0 Å². The van der Waals surface area contributed by atoms with Crippen molar-refractivity contribution in [3.8, 4) is 17.0 Å². The first-order chi connectivity index (χ1) is 9.54. The minimum atomic E-state index is 0.173. The molecule has 0 spiro atoms. The summed E-state index contributed by atoms with van der Waals surface area (Å²) in [4.78, 5) is 6.74. The van der Waals surface area contributed by atoms with Crippen molar-refractivity contribution in [3.63, 3.8) is 0 Å². The lowest BCUT2D eigenvalue weighted by molar-refractivity contribution is 0.242. The lowest BCUT2D eigenvalue weighted by atomic mass is 10.1. The number of fused-ring (bicyclic) bond motifs is 1. The molecule has 5 heteroatoms. The Morgan fingerprint density at radius 1 is 1.25 bits per heavy atom. The molecule has 0 amide bonds. The average Bonchev–Trinajstić information content (AvgIpc) is 2.89. The Morgan fingerprint density at radius 3 is 2.55 bits per heavy atom. The second kappa shape index (κ2) is 4.83. The normalized spacial score (nSPS) is 11.4. The standard InChI is InChI=1S/C15H17N3OS/c1-9(2)19-12-6-4-11(5-7-12)13-14(16)18-8-10(3)20-15(18)17-13/h4-9H,16H2,1-3H3. The van der Waals surface area contributed by atoms with E-state index in [0.29, 0.717) is 5.82 Å². The van der Waals surface area contributed by atoms with Gasteiger partial charge in [0.2, 0.25) is 0 Å². The number of nitrogen functional groups attached to an aromatic ring is 1. The fraction of sp³-hybridized carbons (Fsp3) is 0.267. The highest BCUT2D eigenvalue weighted by molar-refractivity contribution is 7.17. The van der Waals surface area contributed by atoms with Crippen molar-refractivity contribution >= 4 is 22.1 Å². The number of benzene rings is 1. The molecule has 3 aromatic rings. The van der Waals surface area contributed by atoms with Crippen molar-refractivity contribution in [2.45, 2.75) is 26.9 Å². The molecule has 4 nitrogen and oxygen atoms in total. The summed E-state index contributed by atoms with van der Waals surface area (Å²) in [6.07, 6.45) is 2.19. The topological polar surface area (TPSA) is 52.5 Å². The minimum Gasteiger partial charge on any atom is -0.491 e. The van der Waals surface area contributed by atoms with Gasteiger partial charge in [-0.1, -0.05) is 0 Å². The van der Waals surface area contributed by atoms with Gasteiger partial charge in [-0.3, -0.25) is 4.40 Å². The van der Waals surface area contributed by atoms with Crippen LogP contribution < -0.4 is 10.5 Å². The van der Waals surface area contributed by atoms with Crippen LogP contribution in [0.4, 0.5) is 5.82 Å². The highest BCUT2D eigenvalue weighted by Crippen LogP contribution is 2.30. The fourth-order valence-corrected chi connectivity index (χ4v) is 2.98. The van der Waals surface area contributed by atoms with E-state index in [-0.39, 0.29) is 6.10 Å². The summed E-state index contributed by atoms with van der Waals surface area (Å²) in [5.74, 6) is 1.54. The van der Waals surface area contributed by atoms with Crippen LogP contribution in [0.2, 0.25) is 0 Å². The van der Waals surface area contributed by atoms with Gasteiger partial charge in [0.1, 0.15) is 17.3 Å². The summed E-state index contributed by atoms with van der Waals surface area (Å²) >= 11 is 1.64. The van der Waals surface area contributed by atoms with Gasteiger partial charge in [0.15, 0.2) is 4.96 Å². The molecule has 1 aromatic carbocycles. The summed E-state index contributed by atoms with van der Waals surface area (Å²) in [7, 11) is 0. The van der Waals surface area contributed by atoms with Crippen molar-refractivity contribution in [3.05, 3.63) is 35.3 Å². The van der Waals surface area contributed by atoms with Gasteiger partial charge in [0.25, 0.3) is 0 Å². The van der Waals surface area contributed by atoms with Gasteiger partial charge in [-0.15, -0.1) is 11.3 Å². The van der Waals surface area contributed by atoms with Crippen LogP contribution in [0.3, 0.4) is 0 Å². The van der Waals surface area contributed by atoms with Crippen molar-refractivity contribution in [2.75, 3.05) is 5.73 Å². The number of aromatic nitrogens is 2. The summed E-state index contributed by atoms with van der Waals surface area (Å²) < 4.78 is 7.58. The van der Waals surface area contributed by atoms with E-state index in [4.69, 9.17) is 10.5 Å². The third kappa shape index (κ3) is 2.25. The highest BCUT2D eigenvalue weighted by atomic mass is 32.1. The van der Waals surface area contributed by atoms with Crippen molar-refractivity contribution in [1.82, 2.24) is 9.38 Å². The molecular formula is C15H17N3OS. The number of nitrogens with two attached hydrogens (primary N) is 1. The maximum Gasteiger partial charge on any atom is 0.196 e. The highest BCUT2D eigenvalue weighted by Gasteiger charge is 2.13. The molecule has 0 saturated heterocycles. The van der Waals surface area contributed by atoms with Crippen molar-refractivity contribution < 1.29 is 4.74 Å². The van der Waals surface area contributed by atoms with Crippen LogP contribution in [-0.4, -0.2) is 15.5 Å². The van der Waals surface area contributed by atoms with Crippen LogP contribution in [0.25, 0.3) is 16.2 Å². The molecule has 2 heterocycles. The third-order valence-electron chi connectivity index (χ3n) is 2.98. The molecule has 0 fully saturated rings. The van der Waals surface area contributed by atoms with E-state index in [1.807, 2.05) is 48.7 Å². The molecular weight excluding hydrogens is 270 g/mol. The Balaban J connectivity index is 1.98. The predicted molar refractivity (Wildman–Crippen MR) is 83.4 cm³/mol. The van der Waals surface area contributed by atoms with Gasteiger partial charge in [0.05, 0.1) is 6.10 Å². The Hall–Kier alpha value is -2.01. The second-order valence-electron chi connectivity index (χ2n) is 5.03. The molecule has 0 aliphatic heterocycles. The average molecular weight is 287 g/mol. The van der Waals surface area contributed by atoms with Crippen LogP contribution >= 0.6 is 11.3 Å². The van der Waals surface area contributed by atoms with Gasteiger partial charge in [0, 0.05) is 16.6 Å². The van der Waals surface area contributed by atoms with Crippen LogP contribution in [-0.2, 0) is 0 Å². The van der Waals surface area contributed by atoms with Crippen molar-refractivity contribution in [1.29, 1.82) is 0 Å². The molecule has 0 saturated carbocycles. The maximum absolute atomic E-state index is 6.18. The fourth-order valence-electron chi connectivity index (χ4n) is 2.15. The maximum atomic E-state index is 6.18. The minimum absolute atomic E-state index is 0.173. The van der Waals surface area contributed by atoms with E-state index < -0.39 is 0 Å². The largest absolute Gasteiger partial charge is 0.491 e. The molecule has 0 aliphatic carbocycles. The number of nitrogens with zero attached hydrogens (tertiary/aromatic N) is 2. The lowest BCUT2D eigenvalue weighted by Crippen LogP contribution is -2.05. The smallest absolute Gasteiger partial charge is 0.196 e. The van der Waals surface area contributed by atoms with Crippen LogP contribution in [0, 0.1) is 6.92 Å². The van der Waals surface area contributed by atoms with Crippen LogP contribution in [0.1, 0.15) is 18.7 Å². The molecule has 3 rings (SSSR count). The summed E-state index contributed by atoms with van der Waals surface area (Å²) in [6, 6.07) is 7.89. The van der Waals surface area contributed by atoms with E-state index in [9.17, 15) is 0 Å². The monoisotopic (exact) mass is 287 g/mol. The number of ether oxygens (including phenoxy) is 1. The lowest BCUT2D eigenvalue weighted by Gasteiger charge is -2.09. The molecule has 104 valence electrons. The number of imidazole rings is 1. The number of hydrogen-bond acceptors (Lipinski definition) is 4. The zero-order chi connectivity index (χ0) is 14.3. The zero-order valence-electron chi connectivity index (χ0n) is 11.8. The molecule has 0 unspecified atom stereocenters. The van der Waals surface area contributed by atoms with E-state index in [1.165, 1.54) is 4.88 Å². The molecule has 0 bridgehead atoms. The van der Waals surface area contributed by atoms with E-state index in [0.717, 1.165) is 22.0 Å². The Kier molecular flexibility index (Phi) is 3.14. The van der Waals surface area contributed by atoms with Gasteiger partial charge < -0.3 is 10.5 Å². The number of anilines is 1. The first-order valence-corrected chi connectivity index (χ1v) is 7.37. The third-order valence-corrected chi connectivity index (χ3v) is 3.88. The molecule has 2 N–H and O–H groups in total. The number of aryl methyl sites for hydroxylation is 1. The predicted octanol–water partition coefficient (Wildman–Crippen LogP) is 3.74. The number of thiazole rings is 1. The second-order valence-corrected chi connectivity index (χ2v) is 6.24. The van der Waals surface area contributed by atoms with Crippen LogP contribution in [0.5, 0.6) is 5.75 Å². The first kappa shape index (κ1) is 13.0. The van der Waals surface area contributed by atoms with Crippen LogP contribution in [0.15, 0.2) is 30.5 Å². The van der Waals surface area contributed by atoms with Gasteiger partial charge in [-0.25, -0.2) is 4.98 Å². The summed E-state index contributed by atoms with van der Waals surface area (Å²) in [5, 5.41) is 0. The van der Waals surface area contributed by atoms with Gasteiger partial charge in [-0.05, 0) is 45.0 Å². The SMILES string of the molecule is Cc1cn2c(N)c(-c3ccc(OC(C)C)cc3)nc2s1. The van der Waals surface area contributed by atoms with Crippen molar-refractivity contribution in [2.24, 2.45) is 0 Å². The summed E-state index contributed by atoms with van der Waals surface area (Å²) in [6.45, 7) is 6.08. The molecule has 0 atom stereocenters. The van der Waals surface area contributed by atoms with E-state index in [2.05, 4.69) is 11.9 Å². The van der Waals surface area contributed by atoms with Gasteiger partial charge >= 0.3 is 0 Å². The number of rotatable bonds is 3.